The van der Waals surface area contributed by atoms with Crippen molar-refractivity contribution in [2.45, 2.75) is 381 Å². The van der Waals surface area contributed by atoms with Gasteiger partial charge in [-0.15, -0.1) is 0 Å². The first-order chi connectivity index (χ1) is 43.4. The minimum Gasteiger partial charge on any atom is -0.462 e. The Balaban J connectivity index is 5.22. The number of phosphoric ester groups is 2. The number of ether oxygens (including phenoxy) is 4. The Bertz CT molecular complexity index is 1750. The minimum absolute atomic E-state index is 0.105. The van der Waals surface area contributed by atoms with Crippen molar-refractivity contribution in [3.05, 3.63) is 0 Å². The molecule has 0 radical (unpaired) electrons. The van der Waals surface area contributed by atoms with Crippen LogP contribution in [0.15, 0.2) is 0 Å². The van der Waals surface area contributed by atoms with Crippen LogP contribution in [0.25, 0.3) is 0 Å². The summed E-state index contributed by atoms with van der Waals surface area (Å²) < 4.78 is 68.3. The van der Waals surface area contributed by atoms with Crippen molar-refractivity contribution in [1.29, 1.82) is 0 Å². The molecule has 90 heavy (non-hydrogen) atoms. The van der Waals surface area contributed by atoms with E-state index in [4.69, 9.17) is 37.0 Å². The molecule has 0 aromatic carbocycles. The van der Waals surface area contributed by atoms with Crippen LogP contribution in [0, 0.1) is 11.8 Å². The van der Waals surface area contributed by atoms with E-state index in [2.05, 4.69) is 41.5 Å². The second-order valence-corrected chi connectivity index (χ2v) is 29.5. The summed E-state index contributed by atoms with van der Waals surface area (Å²) in [4.78, 5) is 72.5. The highest BCUT2D eigenvalue weighted by molar-refractivity contribution is 7.47. The smallest absolute Gasteiger partial charge is 0.462 e. The average Bonchev–Trinajstić information content (AvgIpc) is 3.66. The Hall–Kier alpha value is -1.94. The fourth-order valence-electron chi connectivity index (χ4n) is 10.8. The van der Waals surface area contributed by atoms with Gasteiger partial charge < -0.3 is 33.8 Å². The molecule has 0 saturated carbocycles. The normalized spacial score (nSPS) is 14.1. The van der Waals surface area contributed by atoms with E-state index >= 15 is 0 Å². The van der Waals surface area contributed by atoms with Gasteiger partial charge in [0.25, 0.3) is 0 Å². The second kappa shape index (κ2) is 63.1. The molecule has 0 aliphatic heterocycles. The first-order valence-electron chi connectivity index (χ1n) is 37.0. The number of aliphatic hydroxyl groups excluding tert-OH is 1. The van der Waals surface area contributed by atoms with E-state index in [1.54, 1.807) is 0 Å². The first-order valence-corrected chi connectivity index (χ1v) is 40.0. The van der Waals surface area contributed by atoms with Crippen LogP contribution in [-0.2, 0) is 65.4 Å². The van der Waals surface area contributed by atoms with Crippen molar-refractivity contribution in [3.8, 4) is 0 Å². The van der Waals surface area contributed by atoms with E-state index in [-0.39, 0.29) is 25.7 Å². The highest BCUT2D eigenvalue weighted by Crippen LogP contribution is 2.45. The summed E-state index contributed by atoms with van der Waals surface area (Å²) in [7, 11) is -9.90. The van der Waals surface area contributed by atoms with Crippen molar-refractivity contribution in [3.63, 3.8) is 0 Å². The van der Waals surface area contributed by atoms with Gasteiger partial charge in [0.05, 0.1) is 26.4 Å². The summed E-state index contributed by atoms with van der Waals surface area (Å²) in [5.74, 6) is -0.592. The Kier molecular flexibility index (Phi) is 61.8. The zero-order valence-corrected chi connectivity index (χ0v) is 60.2. The maximum atomic E-state index is 13.0. The molecule has 17 nitrogen and oxygen atoms in total. The molecule has 0 amide bonds. The van der Waals surface area contributed by atoms with Crippen LogP contribution < -0.4 is 0 Å². The fourth-order valence-corrected chi connectivity index (χ4v) is 12.3. The van der Waals surface area contributed by atoms with Gasteiger partial charge in [-0.05, 0) is 37.5 Å². The monoisotopic (exact) mass is 1320 g/mol. The Morgan fingerprint density at radius 1 is 0.300 bits per heavy atom. The van der Waals surface area contributed by atoms with E-state index in [1.807, 2.05) is 0 Å². The molecule has 19 heteroatoms. The molecule has 0 aromatic rings. The molecule has 0 spiro atoms. The SMILES string of the molecule is CCCCCCCCCCCCCCCC(=O)OC[C@H](COP(=O)(O)OC[C@@H](O)COP(=O)(O)OC[C@@H](COC(=O)CCCCCCCCCC)OC(=O)CCCCCCCCCCCC(C)C)OC(=O)CCCCCCCCCCCCCCCCC(C)C. The van der Waals surface area contributed by atoms with Gasteiger partial charge in [0.1, 0.15) is 19.3 Å². The molecule has 3 N–H and O–H groups in total. The number of carbonyl (C=O) groups excluding carboxylic acids is 4. The minimum atomic E-state index is -4.95. The molecule has 0 aliphatic carbocycles. The number of unbranched alkanes of at least 4 members (excludes halogenated alkanes) is 40. The van der Waals surface area contributed by atoms with Gasteiger partial charge in [-0.2, -0.15) is 0 Å². The van der Waals surface area contributed by atoms with Crippen LogP contribution in [-0.4, -0.2) is 96.7 Å². The molecule has 0 bridgehead atoms. The first kappa shape index (κ1) is 88.1. The van der Waals surface area contributed by atoms with Crippen LogP contribution in [0.2, 0.25) is 0 Å². The van der Waals surface area contributed by atoms with E-state index in [0.29, 0.717) is 25.7 Å². The average molecular weight is 1330 g/mol. The van der Waals surface area contributed by atoms with Gasteiger partial charge >= 0.3 is 39.5 Å². The second-order valence-electron chi connectivity index (χ2n) is 26.6. The summed E-state index contributed by atoms with van der Waals surface area (Å²) in [6.07, 6.45) is 48.6. The summed E-state index contributed by atoms with van der Waals surface area (Å²) >= 11 is 0. The largest absolute Gasteiger partial charge is 0.472 e. The third-order valence-electron chi connectivity index (χ3n) is 16.5. The molecule has 0 heterocycles. The van der Waals surface area contributed by atoms with E-state index < -0.39 is 97.5 Å². The van der Waals surface area contributed by atoms with Crippen molar-refractivity contribution in [2.75, 3.05) is 39.6 Å². The van der Waals surface area contributed by atoms with Crippen LogP contribution >= 0.6 is 15.6 Å². The Morgan fingerprint density at radius 3 is 0.756 bits per heavy atom. The van der Waals surface area contributed by atoms with Gasteiger partial charge in [0.15, 0.2) is 12.2 Å². The van der Waals surface area contributed by atoms with Crippen LogP contribution in [0.5, 0.6) is 0 Å². The number of esters is 4. The van der Waals surface area contributed by atoms with Gasteiger partial charge in [-0.1, -0.05) is 311 Å². The summed E-state index contributed by atoms with van der Waals surface area (Å²) in [6, 6.07) is 0. The molecule has 5 atom stereocenters. The van der Waals surface area contributed by atoms with Crippen LogP contribution in [0.3, 0.4) is 0 Å². The molecule has 2 unspecified atom stereocenters. The molecule has 534 valence electrons. The number of hydrogen-bond acceptors (Lipinski definition) is 15. The lowest BCUT2D eigenvalue weighted by Gasteiger charge is -2.21. The lowest BCUT2D eigenvalue weighted by Crippen LogP contribution is -2.30. The fraction of sp³-hybridized carbons (Fsp3) is 0.944. The standard InChI is InChI=1S/C71H138O17P2/c1-7-9-11-13-15-17-18-21-25-30-36-42-48-54-69(74)82-60-67(87-70(75)55-49-43-37-31-26-23-20-19-22-24-28-33-39-45-51-63(3)4)62-86-90(79,80)84-58-65(72)57-83-89(77,78)85-61-66(59-81-68(73)53-47-41-35-16-14-12-10-8-2)88-71(76)56-50-44-38-32-27-29-34-40-46-52-64(5)6/h63-67,72H,7-62H2,1-6H3,(H,77,78)(H,79,80)/t65-,66+,67+/m0/s1. The highest BCUT2D eigenvalue weighted by atomic mass is 31.2. The molecular weight excluding hydrogens is 1190 g/mol. The molecule has 0 aliphatic rings. The lowest BCUT2D eigenvalue weighted by molar-refractivity contribution is -0.161. The van der Waals surface area contributed by atoms with E-state index in [0.717, 1.165) is 108 Å². The molecule has 0 fully saturated rings. The predicted octanol–water partition coefficient (Wildman–Crippen LogP) is 20.4. The van der Waals surface area contributed by atoms with Crippen LogP contribution in [0.4, 0.5) is 0 Å². The third-order valence-corrected chi connectivity index (χ3v) is 18.4. The highest BCUT2D eigenvalue weighted by Gasteiger charge is 2.30. The van der Waals surface area contributed by atoms with Crippen molar-refractivity contribution >= 4 is 39.5 Å². The number of aliphatic hydroxyl groups is 1. The lowest BCUT2D eigenvalue weighted by atomic mass is 10.0. The van der Waals surface area contributed by atoms with Crippen molar-refractivity contribution in [1.82, 2.24) is 0 Å². The van der Waals surface area contributed by atoms with Crippen molar-refractivity contribution < 1.29 is 80.2 Å². The van der Waals surface area contributed by atoms with Gasteiger partial charge in [0.2, 0.25) is 0 Å². The number of phosphoric acid groups is 2. The molecule has 0 aromatic heterocycles. The predicted molar refractivity (Wildman–Crippen MR) is 363 cm³/mol. The summed E-state index contributed by atoms with van der Waals surface area (Å²) in [5, 5.41) is 10.6. The maximum absolute atomic E-state index is 13.0. The molecule has 0 rings (SSSR count). The number of rotatable bonds is 70. The van der Waals surface area contributed by atoms with Gasteiger partial charge in [-0.3, -0.25) is 37.3 Å². The molecule has 0 saturated heterocycles. The van der Waals surface area contributed by atoms with Crippen molar-refractivity contribution in [2.24, 2.45) is 11.8 Å². The number of hydrogen-bond donors (Lipinski definition) is 3. The van der Waals surface area contributed by atoms with Gasteiger partial charge in [0, 0.05) is 25.7 Å². The zero-order valence-electron chi connectivity index (χ0n) is 58.4. The summed E-state index contributed by atoms with van der Waals surface area (Å²) in [6.45, 7) is 9.53. The van der Waals surface area contributed by atoms with Crippen LogP contribution in [0.1, 0.15) is 363 Å². The number of carbonyl (C=O) groups is 4. The van der Waals surface area contributed by atoms with Gasteiger partial charge in [-0.25, -0.2) is 9.13 Å². The topological polar surface area (TPSA) is 237 Å². The third kappa shape index (κ3) is 64.8. The zero-order chi connectivity index (χ0) is 66.5. The summed E-state index contributed by atoms with van der Waals surface area (Å²) in [5.41, 5.74) is 0. The Morgan fingerprint density at radius 2 is 0.511 bits per heavy atom. The Labute approximate surface area is 549 Å². The maximum Gasteiger partial charge on any atom is 0.472 e. The van der Waals surface area contributed by atoms with E-state index in [1.165, 1.54) is 173 Å². The molecular formula is C71H138O17P2. The van der Waals surface area contributed by atoms with E-state index in [9.17, 15) is 43.2 Å². The quantitative estimate of drug-likeness (QED) is 0.0222.